The lowest BCUT2D eigenvalue weighted by Crippen LogP contribution is -2.55. The smallest absolute Gasteiger partial charge is 0.327 e. The molecule has 0 aromatic heterocycles. The summed E-state index contributed by atoms with van der Waals surface area (Å²) in [4.78, 5) is 14.9. The van der Waals surface area contributed by atoms with Crippen LogP contribution in [0.5, 0.6) is 0 Å². The van der Waals surface area contributed by atoms with Gasteiger partial charge in [-0.3, -0.25) is 4.79 Å². The van der Waals surface area contributed by atoms with E-state index < -0.39 is 26.4 Å². The molecule has 152 valence electrons. The molecule has 0 amide bonds. The predicted molar refractivity (Wildman–Crippen MR) is 104 cm³/mol. The Balaban J connectivity index is 2.31. The molecule has 1 saturated carbocycles. The summed E-state index contributed by atoms with van der Waals surface area (Å²) < 4.78 is 43.9. The molecular formula is C20H30FNO4S. The fourth-order valence-corrected chi connectivity index (χ4v) is 5.44. The second kappa shape index (κ2) is 9.15. The molecule has 0 aromatic carbocycles. The average molecular weight is 400 g/mol. The number of nitrogens with zero attached hydrogens (tertiary/aromatic N) is 1. The summed E-state index contributed by atoms with van der Waals surface area (Å²) >= 11 is 0. The van der Waals surface area contributed by atoms with Gasteiger partial charge in [0, 0.05) is 19.6 Å². The number of sulfone groups is 1. The molecule has 1 aliphatic heterocycles. The van der Waals surface area contributed by atoms with Gasteiger partial charge in [-0.05, 0) is 64.5 Å². The van der Waals surface area contributed by atoms with Crippen LogP contribution in [-0.4, -0.2) is 50.3 Å². The Morgan fingerprint density at radius 1 is 1.19 bits per heavy atom. The van der Waals surface area contributed by atoms with Crippen molar-refractivity contribution in [1.29, 1.82) is 0 Å². The zero-order chi connectivity index (χ0) is 20.1. The summed E-state index contributed by atoms with van der Waals surface area (Å²) in [7, 11) is -4.02. The lowest BCUT2D eigenvalue weighted by Gasteiger charge is -2.39. The summed E-state index contributed by atoms with van der Waals surface area (Å²) in [5.74, 6) is -0.529. The highest BCUT2D eigenvalue weighted by Gasteiger charge is 2.54. The fourth-order valence-electron chi connectivity index (χ4n) is 3.43. The molecule has 0 bridgehead atoms. The van der Waals surface area contributed by atoms with Crippen molar-refractivity contribution in [3.63, 3.8) is 0 Å². The summed E-state index contributed by atoms with van der Waals surface area (Å²) in [6, 6.07) is 0. The number of ether oxygens (including phenoxy) is 1. The monoisotopic (exact) mass is 399 g/mol. The van der Waals surface area contributed by atoms with E-state index in [1.165, 1.54) is 38.0 Å². The highest BCUT2D eigenvalue weighted by atomic mass is 32.2. The van der Waals surface area contributed by atoms with Crippen LogP contribution in [0.2, 0.25) is 0 Å². The quantitative estimate of drug-likeness (QED) is 0.461. The van der Waals surface area contributed by atoms with Crippen LogP contribution in [0.4, 0.5) is 4.39 Å². The van der Waals surface area contributed by atoms with Gasteiger partial charge in [-0.1, -0.05) is 12.2 Å². The molecule has 7 heteroatoms. The van der Waals surface area contributed by atoms with Gasteiger partial charge in [0.15, 0.2) is 14.6 Å². The van der Waals surface area contributed by atoms with Gasteiger partial charge in [0.05, 0.1) is 11.5 Å². The van der Waals surface area contributed by atoms with Gasteiger partial charge in [0.1, 0.15) is 5.83 Å². The zero-order valence-corrected chi connectivity index (χ0v) is 17.2. The van der Waals surface area contributed by atoms with Crippen molar-refractivity contribution in [3.05, 3.63) is 35.0 Å². The largest absolute Gasteiger partial charge is 0.465 e. The van der Waals surface area contributed by atoms with E-state index in [-0.39, 0.29) is 24.4 Å². The molecule has 2 rings (SSSR count). The van der Waals surface area contributed by atoms with Crippen molar-refractivity contribution >= 4 is 15.8 Å². The lowest BCUT2D eigenvalue weighted by atomic mass is 9.95. The molecule has 0 radical (unpaired) electrons. The Morgan fingerprint density at radius 3 is 2.30 bits per heavy atom. The lowest BCUT2D eigenvalue weighted by molar-refractivity contribution is -0.147. The third-order valence-corrected chi connectivity index (χ3v) is 7.91. The molecule has 0 aromatic rings. The van der Waals surface area contributed by atoms with Crippen molar-refractivity contribution in [2.45, 2.75) is 51.2 Å². The van der Waals surface area contributed by atoms with E-state index in [1.807, 2.05) is 0 Å². The van der Waals surface area contributed by atoms with E-state index in [4.69, 9.17) is 4.74 Å². The highest BCUT2D eigenvalue weighted by Crippen LogP contribution is 2.38. The molecule has 0 atom stereocenters. The van der Waals surface area contributed by atoms with Crippen molar-refractivity contribution < 1.29 is 22.3 Å². The first-order valence-corrected chi connectivity index (χ1v) is 11.1. The third kappa shape index (κ3) is 4.88. The minimum Gasteiger partial charge on any atom is -0.465 e. The number of piperidine rings is 1. The van der Waals surface area contributed by atoms with Crippen LogP contribution in [0.15, 0.2) is 35.0 Å². The van der Waals surface area contributed by atoms with E-state index in [9.17, 15) is 17.6 Å². The molecule has 2 aliphatic rings. The van der Waals surface area contributed by atoms with Gasteiger partial charge < -0.3 is 9.64 Å². The van der Waals surface area contributed by atoms with Gasteiger partial charge in [-0.25, -0.2) is 12.8 Å². The minimum absolute atomic E-state index is 0.0526. The highest BCUT2D eigenvalue weighted by molar-refractivity contribution is 7.97. The van der Waals surface area contributed by atoms with E-state index in [1.54, 1.807) is 13.8 Å². The first-order valence-electron chi connectivity index (χ1n) is 9.61. The van der Waals surface area contributed by atoms with Crippen LogP contribution in [0.3, 0.4) is 0 Å². The SMILES string of the molecule is C\C=C(F)/C=C\C(=C/C)S(=O)(=O)C1(C(=O)OCC)CCN(CC2CC2)CC1. The molecular weight excluding hydrogens is 369 g/mol. The second-order valence-corrected chi connectivity index (χ2v) is 9.42. The number of hydrogen-bond donors (Lipinski definition) is 0. The molecule has 5 nitrogen and oxygen atoms in total. The summed E-state index contributed by atoms with van der Waals surface area (Å²) in [5.41, 5.74) is 0. The fraction of sp³-hybridized carbons (Fsp3) is 0.650. The molecule has 2 fully saturated rings. The maximum absolute atomic E-state index is 13.5. The first kappa shape index (κ1) is 21.8. The molecule has 1 heterocycles. The maximum Gasteiger partial charge on any atom is 0.327 e. The summed E-state index contributed by atoms with van der Waals surface area (Å²) in [5, 5.41) is 0. The van der Waals surface area contributed by atoms with Crippen LogP contribution in [0.25, 0.3) is 0 Å². The van der Waals surface area contributed by atoms with Crippen molar-refractivity contribution in [1.82, 2.24) is 4.90 Å². The number of allylic oxidation sites excluding steroid dienone is 5. The van der Waals surface area contributed by atoms with Crippen LogP contribution in [-0.2, 0) is 19.4 Å². The molecule has 0 spiro atoms. The minimum atomic E-state index is -4.02. The number of likely N-dealkylation sites (tertiary alicyclic amines) is 1. The third-order valence-electron chi connectivity index (χ3n) is 5.32. The maximum atomic E-state index is 13.5. The van der Waals surface area contributed by atoms with E-state index in [0.717, 1.165) is 12.6 Å². The standard InChI is InChI=1S/C20H30FNO4S/c1-4-17(21)9-10-18(5-2)27(24,25)20(19(23)26-6-3)11-13-22(14-12-20)15-16-7-8-16/h4-5,9-10,16H,6-8,11-15H2,1-3H3/b10-9-,17-4+,18-5+. The van der Waals surface area contributed by atoms with Crippen LogP contribution < -0.4 is 0 Å². The van der Waals surface area contributed by atoms with Crippen LogP contribution in [0.1, 0.15) is 46.5 Å². The average Bonchev–Trinajstić information content (AvgIpc) is 3.46. The molecule has 1 saturated heterocycles. The van der Waals surface area contributed by atoms with Gasteiger partial charge in [-0.15, -0.1) is 0 Å². The van der Waals surface area contributed by atoms with Gasteiger partial charge >= 0.3 is 5.97 Å². The number of esters is 1. The Hall–Kier alpha value is -1.47. The molecule has 0 unspecified atom stereocenters. The first-order chi connectivity index (χ1) is 12.8. The summed E-state index contributed by atoms with van der Waals surface area (Å²) in [6.07, 6.45) is 7.82. The normalized spacial score (nSPS) is 22.2. The molecule has 0 N–H and O–H groups in total. The van der Waals surface area contributed by atoms with Crippen molar-refractivity contribution in [3.8, 4) is 0 Å². The number of rotatable bonds is 8. The van der Waals surface area contributed by atoms with E-state index >= 15 is 0 Å². The van der Waals surface area contributed by atoms with Crippen molar-refractivity contribution in [2.24, 2.45) is 5.92 Å². The van der Waals surface area contributed by atoms with E-state index in [0.29, 0.717) is 19.0 Å². The Bertz CT molecular complexity index is 727. The van der Waals surface area contributed by atoms with Gasteiger partial charge in [-0.2, -0.15) is 0 Å². The number of hydrogen-bond acceptors (Lipinski definition) is 5. The Kier molecular flexibility index (Phi) is 7.40. The van der Waals surface area contributed by atoms with Gasteiger partial charge in [0.2, 0.25) is 0 Å². The zero-order valence-electron chi connectivity index (χ0n) is 16.4. The Labute approximate surface area is 161 Å². The summed E-state index contributed by atoms with van der Waals surface area (Å²) in [6.45, 7) is 6.93. The van der Waals surface area contributed by atoms with E-state index in [2.05, 4.69) is 4.90 Å². The molecule has 1 aliphatic carbocycles. The topological polar surface area (TPSA) is 63.7 Å². The number of carbonyl (C=O) groups excluding carboxylic acids is 1. The van der Waals surface area contributed by atoms with Gasteiger partial charge in [0.25, 0.3) is 0 Å². The number of halogens is 1. The second-order valence-electron chi connectivity index (χ2n) is 7.16. The molecule has 27 heavy (non-hydrogen) atoms. The van der Waals surface area contributed by atoms with Crippen LogP contribution >= 0.6 is 0 Å². The van der Waals surface area contributed by atoms with Crippen LogP contribution in [0, 0.1) is 5.92 Å². The Morgan fingerprint density at radius 2 is 1.81 bits per heavy atom. The number of carbonyl (C=O) groups is 1. The predicted octanol–water partition coefficient (Wildman–Crippen LogP) is 3.54. The van der Waals surface area contributed by atoms with Crippen molar-refractivity contribution in [2.75, 3.05) is 26.2 Å².